The van der Waals surface area contributed by atoms with Crippen LogP contribution in [0.4, 0.5) is 10.1 Å². The first kappa shape index (κ1) is 19.5. The van der Waals surface area contributed by atoms with Crippen LogP contribution in [0, 0.1) is 5.82 Å². The Kier molecular flexibility index (Phi) is 6.14. The molecule has 1 aromatic heterocycles. The van der Waals surface area contributed by atoms with E-state index in [9.17, 15) is 4.39 Å². The Hall–Kier alpha value is -2.80. The van der Waals surface area contributed by atoms with Gasteiger partial charge >= 0.3 is 0 Å². The van der Waals surface area contributed by atoms with E-state index < -0.39 is 0 Å². The van der Waals surface area contributed by atoms with Crippen molar-refractivity contribution in [3.05, 3.63) is 71.8 Å². The molecule has 0 amide bonds. The predicted molar refractivity (Wildman–Crippen MR) is 111 cm³/mol. The zero-order chi connectivity index (χ0) is 20.1. The second-order valence-corrected chi connectivity index (χ2v) is 7.42. The molecule has 29 heavy (non-hydrogen) atoms. The number of aryl methyl sites for hydroxylation is 2. The number of rotatable bonds is 7. The summed E-state index contributed by atoms with van der Waals surface area (Å²) < 4.78 is 15.1. The number of halogens is 1. The van der Waals surface area contributed by atoms with Gasteiger partial charge in [0.1, 0.15) is 5.82 Å². The molecule has 0 bridgehead atoms. The molecule has 152 valence electrons. The average molecular weight is 394 g/mol. The first-order valence-electron chi connectivity index (χ1n) is 10.3. The van der Waals surface area contributed by atoms with Crippen molar-refractivity contribution in [1.29, 1.82) is 0 Å². The highest BCUT2D eigenvalue weighted by Gasteiger charge is 2.28. The third-order valence-electron chi connectivity index (χ3n) is 5.65. The third kappa shape index (κ3) is 4.62. The molecule has 1 aliphatic heterocycles. The number of aromatic nitrogens is 4. The van der Waals surface area contributed by atoms with Gasteiger partial charge < -0.3 is 4.90 Å². The van der Waals surface area contributed by atoms with Gasteiger partial charge in [-0.25, -0.2) is 9.07 Å². The molecule has 1 aliphatic rings. The molecular formula is C22H27FN6. The first-order chi connectivity index (χ1) is 14.2. The third-order valence-corrected chi connectivity index (χ3v) is 5.65. The molecule has 1 saturated heterocycles. The Bertz CT molecular complexity index is 887. The van der Waals surface area contributed by atoms with Crippen LogP contribution in [0.25, 0.3) is 0 Å². The number of hydrogen-bond acceptors (Lipinski definition) is 5. The molecule has 1 fully saturated rings. The number of nitrogens with zero attached hydrogens (tertiary/aromatic N) is 6. The largest absolute Gasteiger partial charge is 0.369 e. The van der Waals surface area contributed by atoms with Gasteiger partial charge in [-0.3, -0.25) is 4.90 Å². The standard InChI is InChI=1S/C22H27FN6/c1-2-21(22-24-25-26-29(22)13-12-18-6-4-3-5-7-18)28-16-14-27(15-17-28)20-10-8-19(23)9-11-20/h3-11,21H,2,12-17H2,1H3/t21-/m1/s1. The summed E-state index contributed by atoms with van der Waals surface area (Å²) in [7, 11) is 0. The van der Waals surface area contributed by atoms with E-state index in [1.54, 1.807) is 0 Å². The summed E-state index contributed by atoms with van der Waals surface area (Å²) in [5, 5.41) is 12.6. The minimum Gasteiger partial charge on any atom is -0.369 e. The summed E-state index contributed by atoms with van der Waals surface area (Å²) in [4.78, 5) is 4.77. The summed E-state index contributed by atoms with van der Waals surface area (Å²) in [5.74, 6) is 0.749. The lowest BCUT2D eigenvalue weighted by atomic mass is 10.1. The van der Waals surface area contributed by atoms with E-state index >= 15 is 0 Å². The number of tetrazole rings is 1. The summed E-state index contributed by atoms with van der Waals surface area (Å²) in [6.45, 7) is 6.65. The monoisotopic (exact) mass is 394 g/mol. The fourth-order valence-corrected chi connectivity index (χ4v) is 4.04. The van der Waals surface area contributed by atoms with E-state index in [0.717, 1.165) is 57.1 Å². The van der Waals surface area contributed by atoms with Crippen LogP contribution in [0.2, 0.25) is 0 Å². The van der Waals surface area contributed by atoms with Crippen molar-refractivity contribution in [3.8, 4) is 0 Å². The van der Waals surface area contributed by atoms with Crippen molar-refractivity contribution in [3.63, 3.8) is 0 Å². The van der Waals surface area contributed by atoms with Crippen molar-refractivity contribution in [2.75, 3.05) is 31.1 Å². The fourth-order valence-electron chi connectivity index (χ4n) is 4.04. The average Bonchev–Trinajstić information content (AvgIpc) is 3.23. The van der Waals surface area contributed by atoms with Gasteiger partial charge in [-0.15, -0.1) is 5.10 Å². The molecule has 1 atom stereocenters. The lowest BCUT2D eigenvalue weighted by molar-refractivity contribution is 0.169. The van der Waals surface area contributed by atoms with Crippen LogP contribution in [0.15, 0.2) is 54.6 Å². The summed E-state index contributed by atoms with van der Waals surface area (Å²) in [5.41, 5.74) is 2.36. The molecule has 2 aromatic carbocycles. The van der Waals surface area contributed by atoms with Crippen molar-refractivity contribution in [1.82, 2.24) is 25.1 Å². The number of piperazine rings is 1. The van der Waals surface area contributed by atoms with Crippen LogP contribution in [0.5, 0.6) is 0 Å². The Morgan fingerprint density at radius 2 is 1.69 bits per heavy atom. The first-order valence-corrected chi connectivity index (χ1v) is 10.3. The molecule has 3 aromatic rings. The maximum Gasteiger partial charge on any atom is 0.168 e. The molecule has 4 rings (SSSR count). The topological polar surface area (TPSA) is 50.1 Å². The zero-order valence-corrected chi connectivity index (χ0v) is 16.8. The van der Waals surface area contributed by atoms with Crippen LogP contribution in [-0.4, -0.2) is 51.3 Å². The number of anilines is 1. The summed E-state index contributed by atoms with van der Waals surface area (Å²) in [6.07, 6.45) is 1.87. The fraction of sp³-hybridized carbons (Fsp3) is 0.409. The van der Waals surface area contributed by atoms with Gasteiger partial charge in [0.05, 0.1) is 6.04 Å². The highest BCUT2D eigenvalue weighted by molar-refractivity contribution is 5.46. The smallest absolute Gasteiger partial charge is 0.168 e. The molecular weight excluding hydrogens is 367 g/mol. The molecule has 0 radical (unpaired) electrons. The highest BCUT2D eigenvalue weighted by atomic mass is 19.1. The van der Waals surface area contributed by atoms with Crippen molar-refractivity contribution < 1.29 is 4.39 Å². The summed E-state index contributed by atoms with van der Waals surface area (Å²) in [6, 6.07) is 17.4. The Balaban J connectivity index is 1.39. The van der Waals surface area contributed by atoms with Gasteiger partial charge in [-0.2, -0.15) is 0 Å². The normalized spacial score (nSPS) is 16.1. The van der Waals surface area contributed by atoms with Gasteiger partial charge in [0.15, 0.2) is 5.82 Å². The number of benzene rings is 2. The van der Waals surface area contributed by atoms with Crippen LogP contribution in [0.3, 0.4) is 0 Å². The van der Waals surface area contributed by atoms with E-state index in [1.807, 2.05) is 22.9 Å². The second-order valence-electron chi connectivity index (χ2n) is 7.42. The molecule has 0 aliphatic carbocycles. The Morgan fingerprint density at radius 1 is 0.966 bits per heavy atom. The molecule has 0 saturated carbocycles. The van der Waals surface area contributed by atoms with Gasteiger partial charge in [-0.1, -0.05) is 37.3 Å². The lowest BCUT2D eigenvalue weighted by Gasteiger charge is -2.39. The van der Waals surface area contributed by atoms with E-state index in [1.165, 1.54) is 17.7 Å². The van der Waals surface area contributed by atoms with Gasteiger partial charge in [0.2, 0.25) is 0 Å². The van der Waals surface area contributed by atoms with E-state index in [0.29, 0.717) is 0 Å². The van der Waals surface area contributed by atoms with E-state index in [-0.39, 0.29) is 11.9 Å². The van der Waals surface area contributed by atoms with Crippen LogP contribution >= 0.6 is 0 Å². The van der Waals surface area contributed by atoms with Crippen molar-refractivity contribution >= 4 is 5.69 Å². The van der Waals surface area contributed by atoms with Crippen molar-refractivity contribution in [2.24, 2.45) is 0 Å². The molecule has 6 nitrogen and oxygen atoms in total. The lowest BCUT2D eigenvalue weighted by Crippen LogP contribution is -2.48. The maximum absolute atomic E-state index is 13.2. The van der Waals surface area contributed by atoms with Crippen LogP contribution in [0.1, 0.15) is 30.8 Å². The van der Waals surface area contributed by atoms with E-state index in [2.05, 4.69) is 56.5 Å². The molecule has 2 heterocycles. The Morgan fingerprint density at radius 3 is 2.38 bits per heavy atom. The quantitative estimate of drug-likeness (QED) is 0.615. The predicted octanol–water partition coefficient (Wildman–Crippen LogP) is 3.33. The molecule has 0 spiro atoms. The molecule has 0 unspecified atom stereocenters. The minimum atomic E-state index is -0.194. The van der Waals surface area contributed by atoms with Gasteiger partial charge in [-0.05, 0) is 53.1 Å². The Labute approximate surface area is 170 Å². The van der Waals surface area contributed by atoms with Gasteiger partial charge in [0.25, 0.3) is 0 Å². The van der Waals surface area contributed by atoms with Crippen LogP contribution < -0.4 is 4.90 Å². The molecule has 0 N–H and O–H groups in total. The number of hydrogen-bond donors (Lipinski definition) is 0. The van der Waals surface area contributed by atoms with E-state index in [4.69, 9.17) is 0 Å². The maximum atomic E-state index is 13.2. The van der Waals surface area contributed by atoms with Crippen molar-refractivity contribution in [2.45, 2.75) is 32.4 Å². The van der Waals surface area contributed by atoms with Crippen LogP contribution in [-0.2, 0) is 13.0 Å². The zero-order valence-electron chi connectivity index (χ0n) is 16.8. The summed E-state index contributed by atoms with van der Waals surface area (Å²) >= 11 is 0. The second kappa shape index (κ2) is 9.13. The minimum absolute atomic E-state index is 0.194. The molecule has 7 heteroatoms. The highest BCUT2D eigenvalue weighted by Crippen LogP contribution is 2.25. The SMILES string of the molecule is CC[C@H](c1nnnn1CCc1ccccc1)N1CCN(c2ccc(F)cc2)CC1. The van der Waals surface area contributed by atoms with Gasteiger partial charge in [0, 0.05) is 38.4 Å².